The highest BCUT2D eigenvalue weighted by Crippen LogP contribution is 2.26. The maximum atomic E-state index is 12.0. The second-order valence-corrected chi connectivity index (χ2v) is 6.22. The van der Waals surface area contributed by atoms with Gasteiger partial charge in [0.2, 0.25) is 0 Å². The maximum absolute atomic E-state index is 12.0. The normalized spacial score (nSPS) is 19.5. The molecule has 0 saturated carbocycles. The minimum absolute atomic E-state index is 0.0206. The summed E-state index contributed by atoms with van der Waals surface area (Å²) >= 11 is 0.873. The molecule has 8 heteroatoms. The van der Waals surface area contributed by atoms with Crippen LogP contribution in [0.3, 0.4) is 0 Å². The molecule has 0 radical (unpaired) electrons. The number of nitrogens with zero attached hydrogens (tertiary/aromatic N) is 1. The Kier molecular flexibility index (Phi) is 5.17. The molecule has 1 N–H and O–H groups in total. The second-order valence-electron chi connectivity index (χ2n) is 5.20. The highest BCUT2D eigenvalue weighted by Gasteiger charge is 2.24. The van der Waals surface area contributed by atoms with Crippen molar-refractivity contribution in [3.8, 4) is 5.75 Å². The predicted octanol–water partition coefficient (Wildman–Crippen LogP) is 1.25. The largest absolute Gasteiger partial charge is 0.484 e. The van der Waals surface area contributed by atoms with Gasteiger partial charge in [0.1, 0.15) is 5.75 Å². The number of thioether (sulfide) groups is 1. The van der Waals surface area contributed by atoms with Crippen LogP contribution in [0.2, 0.25) is 0 Å². The van der Waals surface area contributed by atoms with E-state index in [2.05, 4.69) is 5.32 Å². The SMILES string of the molecule is O=C1NC(=O)/C(=C/c2ccc(OCC(=O)N3CCOCC3)cc2)S1. The molecule has 0 atom stereocenters. The lowest BCUT2D eigenvalue weighted by Crippen LogP contribution is -2.42. The summed E-state index contributed by atoms with van der Waals surface area (Å²) in [6.45, 7) is 2.28. The fraction of sp³-hybridized carbons (Fsp3) is 0.312. The number of ether oxygens (including phenoxy) is 2. The molecule has 2 fully saturated rings. The minimum Gasteiger partial charge on any atom is -0.484 e. The summed E-state index contributed by atoms with van der Waals surface area (Å²) in [5.41, 5.74) is 0.772. The van der Waals surface area contributed by atoms with Gasteiger partial charge < -0.3 is 14.4 Å². The molecule has 7 nitrogen and oxygen atoms in total. The third kappa shape index (κ3) is 4.15. The van der Waals surface area contributed by atoms with E-state index in [-0.39, 0.29) is 23.7 Å². The van der Waals surface area contributed by atoms with Crippen LogP contribution in [0.15, 0.2) is 29.2 Å². The first-order valence-corrected chi connectivity index (χ1v) is 8.27. The van der Waals surface area contributed by atoms with E-state index in [0.717, 1.165) is 17.3 Å². The number of amides is 3. The average molecular weight is 348 g/mol. The van der Waals surface area contributed by atoms with E-state index in [1.807, 2.05) is 0 Å². The average Bonchev–Trinajstić information content (AvgIpc) is 2.92. The van der Waals surface area contributed by atoms with E-state index in [1.54, 1.807) is 35.2 Å². The first kappa shape index (κ1) is 16.5. The maximum Gasteiger partial charge on any atom is 0.290 e. The Bertz CT molecular complexity index is 680. The molecule has 0 spiro atoms. The summed E-state index contributed by atoms with van der Waals surface area (Å²) in [5, 5.41) is 1.84. The Morgan fingerprint density at radius 2 is 1.96 bits per heavy atom. The molecule has 0 aliphatic carbocycles. The molecule has 0 aromatic heterocycles. The molecule has 126 valence electrons. The van der Waals surface area contributed by atoms with E-state index in [4.69, 9.17) is 9.47 Å². The molecule has 1 aromatic carbocycles. The molecule has 1 aromatic rings. The van der Waals surface area contributed by atoms with E-state index in [9.17, 15) is 14.4 Å². The number of morpholine rings is 1. The molecule has 3 rings (SSSR count). The van der Waals surface area contributed by atoms with Crippen LogP contribution in [0.4, 0.5) is 4.79 Å². The third-order valence-corrected chi connectivity index (χ3v) is 4.36. The lowest BCUT2D eigenvalue weighted by Gasteiger charge is -2.26. The molecule has 2 aliphatic rings. The Hall–Kier alpha value is -2.32. The van der Waals surface area contributed by atoms with Crippen LogP contribution >= 0.6 is 11.8 Å². The van der Waals surface area contributed by atoms with Crippen LogP contribution in [0, 0.1) is 0 Å². The van der Waals surface area contributed by atoms with Crippen molar-refractivity contribution in [3.05, 3.63) is 34.7 Å². The van der Waals surface area contributed by atoms with Gasteiger partial charge in [-0.2, -0.15) is 0 Å². The lowest BCUT2D eigenvalue weighted by molar-refractivity contribution is -0.137. The van der Waals surface area contributed by atoms with Gasteiger partial charge in [0, 0.05) is 13.1 Å². The Labute approximate surface area is 143 Å². The molecule has 24 heavy (non-hydrogen) atoms. The number of hydrogen-bond donors (Lipinski definition) is 1. The number of imide groups is 1. The van der Waals surface area contributed by atoms with E-state index >= 15 is 0 Å². The summed E-state index contributed by atoms with van der Waals surface area (Å²) in [6, 6.07) is 6.97. The summed E-state index contributed by atoms with van der Waals surface area (Å²) in [5.74, 6) is 0.113. The zero-order chi connectivity index (χ0) is 16.9. The second kappa shape index (κ2) is 7.50. The van der Waals surface area contributed by atoms with Crippen LogP contribution in [0.25, 0.3) is 6.08 Å². The van der Waals surface area contributed by atoms with Gasteiger partial charge in [-0.25, -0.2) is 0 Å². The Balaban J connectivity index is 1.55. The first-order valence-electron chi connectivity index (χ1n) is 7.45. The summed E-state index contributed by atoms with van der Waals surface area (Å²) in [4.78, 5) is 36.7. The van der Waals surface area contributed by atoms with Gasteiger partial charge >= 0.3 is 0 Å². The molecule has 2 heterocycles. The molecule has 3 amide bonds. The van der Waals surface area contributed by atoms with Gasteiger partial charge in [-0.1, -0.05) is 12.1 Å². The van der Waals surface area contributed by atoms with Gasteiger partial charge in [-0.3, -0.25) is 19.7 Å². The van der Waals surface area contributed by atoms with Crippen molar-refractivity contribution in [2.75, 3.05) is 32.9 Å². The molecular weight excluding hydrogens is 332 g/mol. The van der Waals surface area contributed by atoms with Crippen LogP contribution in [-0.2, 0) is 14.3 Å². The monoisotopic (exact) mass is 348 g/mol. The number of rotatable bonds is 4. The van der Waals surface area contributed by atoms with Crippen LogP contribution in [0.5, 0.6) is 5.75 Å². The van der Waals surface area contributed by atoms with Crippen molar-refractivity contribution in [1.29, 1.82) is 0 Å². The number of benzene rings is 1. The fourth-order valence-electron chi connectivity index (χ4n) is 2.28. The van der Waals surface area contributed by atoms with Gasteiger partial charge in [0.15, 0.2) is 6.61 Å². The minimum atomic E-state index is -0.388. The standard InChI is InChI=1S/C16H16N2O5S/c19-14(18-5-7-22-8-6-18)10-23-12-3-1-11(2-4-12)9-13-15(20)17-16(21)24-13/h1-4,9H,5-8,10H2,(H,17,20,21)/b13-9-. The molecular formula is C16H16N2O5S. The zero-order valence-electron chi connectivity index (χ0n) is 12.8. The van der Waals surface area contributed by atoms with Crippen LogP contribution in [-0.4, -0.2) is 54.9 Å². The topological polar surface area (TPSA) is 84.9 Å². The number of hydrogen-bond acceptors (Lipinski definition) is 6. The Morgan fingerprint density at radius 3 is 2.58 bits per heavy atom. The fourth-order valence-corrected chi connectivity index (χ4v) is 2.96. The molecule has 0 bridgehead atoms. The number of carbonyl (C=O) groups excluding carboxylic acids is 3. The molecule has 0 unspecified atom stereocenters. The van der Waals surface area contributed by atoms with E-state index < -0.39 is 0 Å². The van der Waals surface area contributed by atoms with Crippen molar-refractivity contribution < 1.29 is 23.9 Å². The van der Waals surface area contributed by atoms with Crippen molar-refractivity contribution in [2.24, 2.45) is 0 Å². The van der Waals surface area contributed by atoms with Gasteiger partial charge in [-0.05, 0) is 35.5 Å². The first-order chi connectivity index (χ1) is 11.6. The van der Waals surface area contributed by atoms with Gasteiger partial charge in [-0.15, -0.1) is 0 Å². The van der Waals surface area contributed by atoms with Crippen LogP contribution in [0.1, 0.15) is 5.56 Å². The van der Waals surface area contributed by atoms with Gasteiger partial charge in [0.25, 0.3) is 17.1 Å². The number of carbonyl (C=O) groups is 3. The third-order valence-electron chi connectivity index (χ3n) is 3.55. The van der Waals surface area contributed by atoms with Gasteiger partial charge in [0.05, 0.1) is 18.1 Å². The Morgan fingerprint density at radius 1 is 1.25 bits per heavy atom. The summed E-state index contributed by atoms with van der Waals surface area (Å²) < 4.78 is 10.7. The van der Waals surface area contributed by atoms with E-state index in [0.29, 0.717) is 37.0 Å². The smallest absolute Gasteiger partial charge is 0.290 e. The predicted molar refractivity (Wildman–Crippen MR) is 88.4 cm³/mol. The lowest BCUT2D eigenvalue weighted by atomic mass is 10.2. The summed E-state index contributed by atoms with van der Waals surface area (Å²) in [7, 11) is 0. The highest BCUT2D eigenvalue weighted by atomic mass is 32.2. The van der Waals surface area contributed by atoms with Crippen molar-refractivity contribution >= 4 is 34.9 Å². The zero-order valence-corrected chi connectivity index (χ0v) is 13.6. The van der Waals surface area contributed by atoms with Crippen molar-refractivity contribution in [2.45, 2.75) is 0 Å². The van der Waals surface area contributed by atoms with E-state index in [1.165, 1.54) is 0 Å². The highest BCUT2D eigenvalue weighted by molar-refractivity contribution is 8.18. The molecule has 2 aliphatic heterocycles. The van der Waals surface area contributed by atoms with Crippen molar-refractivity contribution in [1.82, 2.24) is 10.2 Å². The quantitative estimate of drug-likeness (QED) is 0.825. The number of nitrogens with one attached hydrogen (secondary N) is 1. The van der Waals surface area contributed by atoms with Crippen molar-refractivity contribution in [3.63, 3.8) is 0 Å². The molecule has 2 saturated heterocycles. The van der Waals surface area contributed by atoms with Crippen LogP contribution < -0.4 is 10.1 Å². The summed E-state index contributed by atoms with van der Waals surface area (Å²) in [6.07, 6.45) is 1.63.